The fraction of sp³-hybridized carbons (Fsp3) is 0.154. The molecule has 2 rings (SSSR count). The van der Waals surface area contributed by atoms with Crippen molar-refractivity contribution < 1.29 is 9.90 Å². The molecule has 0 bridgehead atoms. The number of carbonyl (C=O) groups is 1. The SMILES string of the molecule is CCc1cc(C(=O)O)n(-c2cccc(C#N)c2)n1. The van der Waals surface area contributed by atoms with E-state index in [1.54, 1.807) is 30.3 Å². The van der Waals surface area contributed by atoms with Crippen LogP contribution in [0.25, 0.3) is 5.69 Å². The molecule has 1 aromatic carbocycles. The lowest BCUT2D eigenvalue weighted by atomic mass is 10.2. The predicted octanol–water partition coefficient (Wildman–Crippen LogP) is 2.00. The highest BCUT2D eigenvalue weighted by Crippen LogP contribution is 2.14. The smallest absolute Gasteiger partial charge is 0.354 e. The number of carboxylic acids is 1. The average molecular weight is 241 g/mol. The van der Waals surface area contributed by atoms with E-state index in [2.05, 4.69) is 5.10 Å². The van der Waals surface area contributed by atoms with E-state index in [1.165, 1.54) is 4.68 Å². The number of benzene rings is 1. The van der Waals surface area contributed by atoms with Crippen LogP contribution in [-0.2, 0) is 6.42 Å². The van der Waals surface area contributed by atoms with Crippen molar-refractivity contribution in [2.75, 3.05) is 0 Å². The van der Waals surface area contributed by atoms with Gasteiger partial charge in [0.1, 0.15) is 0 Å². The van der Waals surface area contributed by atoms with Crippen LogP contribution in [0.5, 0.6) is 0 Å². The molecular formula is C13H11N3O2. The largest absolute Gasteiger partial charge is 0.477 e. The first-order chi connectivity index (χ1) is 8.65. The Labute approximate surface area is 104 Å². The number of hydrogen-bond donors (Lipinski definition) is 1. The summed E-state index contributed by atoms with van der Waals surface area (Å²) < 4.78 is 1.35. The number of carboxylic acid groups (broad SMARTS) is 1. The minimum Gasteiger partial charge on any atom is -0.477 e. The van der Waals surface area contributed by atoms with Gasteiger partial charge in [0.15, 0.2) is 5.69 Å². The number of aryl methyl sites for hydroxylation is 1. The minimum atomic E-state index is -1.04. The van der Waals surface area contributed by atoms with Gasteiger partial charge < -0.3 is 5.11 Å². The molecule has 5 heteroatoms. The zero-order valence-corrected chi connectivity index (χ0v) is 9.79. The highest BCUT2D eigenvalue weighted by molar-refractivity contribution is 5.86. The van der Waals surface area contributed by atoms with Gasteiger partial charge in [-0.25, -0.2) is 9.48 Å². The summed E-state index contributed by atoms with van der Waals surface area (Å²) in [7, 11) is 0. The number of hydrogen-bond acceptors (Lipinski definition) is 3. The van der Waals surface area contributed by atoms with Crippen molar-refractivity contribution in [1.29, 1.82) is 5.26 Å². The molecule has 90 valence electrons. The van der Waals surface area contributed by atoms with E-state index in [4.69, 9.17) is 10.4 Å². The number of aromatic nitrogens is 2. The number of nitrogens with zero attached hydrogens (tertiary/aromatic N) is 3. The Morgan fingerprint density at radius 3 is 2.89 bits per heavy atom. The topological polar surface area (TPSA) is 78.9 Å². The summed E-state index contributed by atoms with van der Waals surface area (Å²) in [5, 5.41) is 22.2. The second-order valence-electron chi connectivity index (χ2n) is 3.75. The average Bonchev–Trinajstić information content (AvgIpc) is 2.83. The lowest BCUT2D eigenvalue weighted by Gasteiger charge is -2.04. The Morgan fingerprint density at radius 1 is 1.50 bits per heavy atom. The zero-order valence-electron chi connectivity index (χ0n) is 9.79. The standard InChI is InChI=1S/C13H11N3O2/c1-2-10-7-12(13(17)18)16(15-10)11-5-3-4-9(6-11)8-14/h3-7H,2H2,1H3,(H,17,18). The van der Waals surface area contributed by atoms with Crippen LogP contribution in [0.15, 0.2) is 30.3 Å². The highest BCUT2D eigenvalue weighted by atomic mass is 16.4. The molecule has 0 amide bonds. The van der Waals surface area contributed by atoms with E-state index >= 15 is 0 Å². The quantitative estimate of drug-likeness (QED) is 0.891. The van der Waals surface area contributed by atoms with Crippen LogP contribution in [0.4, 0.5) is 0 Å². The van der Waals surface area contributed by atoms with Crippen LogP contribution in [0, 0.1) is 11.3 Å². The van der Waals surface area contributed by atoms with Crippen molar-refractivity contribution in [2.24, 2.45) is 0 Å². The van der Waals surface area contributed by atoms with Crippen LogP contribution in [0.1, 0.15) is 28.7 Å². The molecule has 0 atom stereocenters. The Kier molecular flexibility index (Phi) is 3.11. The van der Waals surface area contributed by atoms with Gasteiger partial charge in [0, 0.05) is 0 Å². The molecule has 0 fully saturated rings. The zero-order chi connectivity index (χ0) is 13.1. The van der Waals surface area contributed by atoms with Crippen LogP contribution in [0.3, 0.4) is 0 Å². The van der Waals surface area contributed by atoms with E-state index in [0.717, 1.165) is 0 Å². The maximum atomic E-state index is 11.2. The van der Waals surface area contributed by atoms with Gasteiger partial charge in [0.05, 0.1) is 23.0 Å². The third kappa shape index (κ3) is 2.09. The number of aromatic carboxylic acids is 1. The van der Waals surface area contributed by atoms with Crippen molar-refractivity contribution in [3.05, 3.63) is 47.3 Å². The van der Waals surface area contributed by atoms with Crippen molar-refractivity contribution >= 4 is 5.97 Å². The summed E-state index contributed by atoms with van der Waals surface area (Å²) in [6.45, 7) is 1.91. The summed E-state index contributed by atoms with van der Waals surface area (Å²) in [4.78, 5) is 11.2. The second kappa shape index (κ2) is 4.72. The molecule has 1 aromatic heterocycles. The first-order valence-electron chi connectivity index (χ1n) is 5.48. The third-order valence-corrected chi connectivity index (χ3v) is 2.56. The van der Waals surface area contributed by atoms with Crippen LogP contribution >= 0.6 is 0 Å². The lowest BCUT2D eigenvalue weighted by molar-refractivity contribution is 0.0687. The molecule has 18 heavy (non-hydrogen) atoms. The molecular weight excluding hydrogens is 230 g/mol. The van der Waals surface area contributed by atoms with Crippen LogP contribution in [0.2, 0.25) is 0 Å². The van der Waals surface area contributed by atoms with Gasteiger partial charge in [-0.05, 0) is 30.7 Å². The van der Waals surface area contributed by atoms with Gasteiger partial charge in [-0.15, -0.1) is 0 Å². The fourth-order valence-electron chi connectivity index (χ4n) is 1.66. The maximum Gasteiger partial charge on any atom is 0.354 e. The maximum absolute atomic E-state index is 11.2. The molecule has 0 aliphatic carbocycles. The van der Waals surface area contributed by atoms with E-state index in [0.29, 0.717) is 23.4 Å². The van der Waals surface area contributed by atoms with Crippen molar-refractivity contribution in [3.8, 4) is 11.8 Å². The molecule has 5 nitrogen and oxygen atoms in total. The minimum absolute atomic E-state index is 0.0990. The van der Waals surface area contributed by atoms with E-state index < -0.39 is 5.97 Å². The molecule has 2 aromatic rings. The summed E-state index contributed by atoms with van der Waals surface area (Å²) in [5.41, 5.74) is 1.85. The molecule has 0 saturated heterocycles. The van der Waals surface area contributed by atoms with Crippen molar-refractivity contribution in [3.63, 3.8) is 0 Å². The molecule has 0 saturated carbocycles. The van der Waals surface area contributed by atoms with Gasteiger partial charge in [-0.1, -0.05) is 13.0 Å². The van der Waals surface area contributed by atoms with E-state index in [9.17, 15) is 4.79 Å². The molecule has 0 unspecified atom stereocenters. The van der Waals surface area contributed by atoms with Crippen LogP contribution < -0.4 is 0 Å². The van der Waals surface area contributed by atoms with Gasteiger partial charge >= 0.3 is 5.97 Å². The first kappa shape index (κ1) is 11.9. The first-order valence-corrected chi connectivity index (χ1v) is 5.48. The fourth-order valence-corrected chi connectivity index (χ4v) is 1.66. The molecule has 0 aliphatic heterocycles. The normalized spacial score (nSPS) is 10.0. The van der Waals surface area contributed by atoms with Crippen LogP contribution in [-0.4, -0.2) is 20.9 Å². The second-order valence-corrected chi connectivity index (χ2v) is 3.75. The molecule has 0 aliphatic rings. The monoisotopic (exact) mass is 241 g/mol. The van der Waals surface area contributed by atoms with Crippen molar-refractivity contribution in [1.82, 2.24) is 9.78 Å². The Bertz CT molecular complexity index is 638. The van der Waals surface area contributed by atoms with Gasteiger partial charge in [0.25, 0.3) is 0 Å². The molecule has 0 radical (unpaired) electrons. The Balaban J connectivity index is 2.59. The number of nitriles is 1. The predicted molar refractivity (Wildman–Crippen MR) is 64.6 cm³/mol. The molecule has 1 heterocycles. The summed E-state index contributed by atoms with van der Waals surface area (Å²) >= 11 is 0. The van der Waals surface area contributed by atoms with E-state index in [-0.39, 0.29) is 5.69 Å². The summed E-state index contributed by atoms with van der Waals surface area (Å²) in [6.07, 6.45) is 0.658. The Morgan fingerprint density at radius 2 is 2.28 bits per heavy atom. The molecule has 0 spiro atoms. The highest BCUT2D eigenvalue weighted by Gasteiger charge is 2.15. The summed E-state index contributed by atoms with van der Waals surface area (Å²) in [6, 6.07) is 10.3. The summed E-state index contributed by atoms with van der Waals surface area (Å²) in [5.74, 6) is -1.04. The van der Waals surface area contributed by atoms with Crippen molar-refractivity contribution in [2.45, 2.75) is 13.3 Å². The Hall–Kier alpha value is -2.61. The van der Waals surface area contributed by atoms with Gasteiger partial charge in [-0.2, -0.15) is 10.4 Å². The molecule has 1 N–H and O–H groups in total. The van der Waals surface area contributed by atoms with Gasteiger partial charge in [-0.3, -0.25) is 0 Å². The third-order valence-electron chi connectivity index (χ3n) is 2.56. The lowest BCUT2D eigenvalue weighted by Crippen LogP contribution is -2.08. The number of rotatable bonds is 3. The van der Waals surface area contributed by atoms with Gasteiger partial charge in [0.2, 0.25) is 0 Å². The van der Waals surface area contributed by atoms with E-state index in [1.807, 2.05) is 13.0 Å².